The van der Waals surface area contributed by atoms with E-state index in [1.165, 1.54) is 12.1 Å². The molecule has 1 saturated heterocycles. The minimum Gasteiger partial charge on any atom is -0.397 e. The number of nitrogens with zero attached hydrogens (tertiary/aromatic N) is 2. The van der Waals surface area contributed by atoms with E-state index in [9.17, 15) is 29.0 Å². The first-order valence-corrected chi connectivity index (χ1v) is 12.7. The lowest BCUT2D eigenvalue weighted by molar-refractivity contribution is -0.137. The number of benzene rings is 2. The first-order chi connectivity index (χ1) is 18.7. The van der Waals surface area contributed by atoms with Gasteiger partial charge in [-0.1, -0.05) is 6.07 Å². The molecule has 2 aromatic carbocycles. The maximum atomic E-state index is 14.4. The number of hydrogen-bond acceptors (Lipinski definition) is 7. The maximum absolute atomic E-state index is 14.4. The first kappa shape index (κ1) is 26.3. The van der Waals surface area contributed by atoms with Crippen molar-refractivity contribution >= 4 is 39.4 Å². The molecule has 7 N–H and O–H groups in total. The van der Waals surface area contributed by atoms with E-state index in [4.69, 9.17) is 5.73 Å². The number of carbonyl (C=O) groups is 2. The summed E-state index contributed by atoms with van der Waals surface area (Å²) in [4.78, 5) is 49.0. The summed E-state index contributed by atoms with van der Waals surface area (Å²) in [7, 11) is 0. The number of nitrogens with one attached hydrogen (secondary N) is 3. The zero-order valence-corrected chi connectivity index (χ0v) is 21.0. The molecule has 1 aliphatic heterocycles. The number of aromatic nitrogens is 3. The number of aliphatic hydroxyl groups is 2. The van der Waals surface area contributed by atoms with Crippen molar-refractivity contribution in [3.8, 4) is 11.4 Å². The van der Waals surface area contributed by atoms with Crippen LogP contribution in [-0.4, -0.2) is 73.7 Å². The minimum atomic E-state index is -0.943. The molecule has 2 amide bonds. The molecule has 0 bridgehead atoms. The van der Waals surface area contributed by atoms with Gasteiger partial charge in [-0.15, -0.1) is 0 Å². The average Bonchev–Trinajstić information content (AvgIpc) is 3.25. The molecule has 204 valence electrons. The van der Waals surface area contributed by atoms with E-state index in [1.54, 1.807) is 29.2 Å². The Labute approximate surface area is 221 Å². The molecule has 11 nitrogen and oxygen atoms in total. The number of pyridine rings is 1. The van der Waals surface area contributed by atoms with Gasteiger partial charge in [0.15, 0.2) is 0 Å². The number of fused-ring (bicyclic) bond motifs is 2. The second kappa shape index (κ2) is 10.8. The van der Waals surface area contributed by atoms with Gasteiger partial charge >= 0.3 is 0 Å². The predicted octanol–water partition coefficient (Wildman–Crippen LogP) is 1.65. The minimum absolute atomic E-state index is 0.00227. The fourth-order valence-corrected chi connectivity index (χ4v) is 4.70. The van der Waals surface area contributed by atoms with Crippen LogP contribution in [-0.2, 0) is 4.79 Å². The number of nitrogens with two attached hydrogens (primary N) is 1. The fourth-order valence-electron chi connectivity index (χ4n) is 4.70. The van der Waals surface area contributed by atoms with Crippen LogP contribution in [0.1, 0.15) is 36.0 Å². The molecule has 4 aromatic rings. The fraction of sp³-hybridized carbons (Fsp3) is 0.333. The van der Waals surface area contributed by atoms with E-state index in [2.05, 4.69) is 20.3 Å². The van der Waals surface area contributed by atoms with E-state index < -0.39 is 23.6 Å². The second-order valence-corrected chi connectivity index (χ2v) is 9.75. The summed E-state index contributed by atoms with van der Waals surface area (Å²) in [5.41, 5.74) is 7.13. The number of rotatable bonds is 9. The molecule has 39 heavy (non-hydrogen) atoms. The molecule has 1 aliphatic rings. The number of halogens is 1. The molecule has 0 radical (unpaired) electrons. The third kappa shape index (κ3) is 5.47. The van der Waals surface area contributed by atoms with Gasteiger partial charge in [0.2, 0.25) is 5.91 Å². The maximum Gasteiger partial charge on any atom is 0.261 e. The van der Waals surface area contributed by atoms with Crippen LogP contribution in [0.25, 0.3) is 33.3 Å². The summed E-state index contributed by atoms with van der Waals surface area (Å²) in [6.45, 7) is 1.58. The van der Waals surface area contributed by atoms with Gasteiger partial charge in [0.05, 0.1) is 46.3 Å². The Morgan fingerprint density at radius 1 is 1.13 bits per heavy atom. The van der Waals surface area contributed by atoms with Crippen molar-refractivity contribution in [2.45, 2.75) is 37.9 Å². The highest BCUT2D eigenvalue weighted by Crippen LogP contribution is 2.30. The van der Waals surface area contributed by atoms with Crippen LogP contribution in [0, 0.1) is 5.82 Å². The lowest BCUT2D eigenvalue weighted by Crippen LogP contribution is -2.43. The summed E-state index contributed by atoms with van der Waals surface area (Å²) in [6.07, 6.45) is -0.629. The highest BCUT2D eigenvalue weighted by molar-refractivity contribution is 6.00. The number of amides is 2. The van der Waals surface area contributed by atoms with Gasteiger partial charge < -0.3 is 36.1 Å². The Balaban J connectivity index is 1.22. The quantitative estimate of drug-likeness (QED) is 0.188. The van der Waals surface area contributed by atoms with Crippen LogP contribution in [0.5, 0.6) is 0 Å². The number of imidazole rings is 1. The van der Waals surface area contributed by atoms with E-state index >= 15 is 0 Å². The number of likely N-dealkylation sites (tertiary alicyclic amines) is 1. The molecule has 2 aromatic heterocycles. The highest BCUT2D eigenvalue weighted by atomic mass is 19.1. The number of nitrogen functional groups attached to an aromatic ring is 1. The highest BCUT2D eigenvalue weighted by Gasteiger charge is 2.24. The zero-order valence-electron chi connectivity index (χ0n) is 21.0. The zero-order chi connectivity index (χ0) is 27.7. The topological polar surface area (TPSA) is 177 Å². The molecule has 0 saturated carbocycles. The van der Waals surface area contributed by atoms with Crippen LogP contribution >= 0.6 is 0 Å². The van der Waals surface area contributed by atoms with Crippen molar-refractivity contribution in [1.82, 2.24) is 25.2 Å². The van der Waals surface area contributed by atoms with Crippen LogP contribution in [0.4, 0.5) is 10.1 Å². The van der Waals surface area contributed by atoms with Crippen LogP contribution in [0.2, 0.25) is 0 Å². The summed E-state index contributed by atoms with van der Waals surface area (Å²) in [5.74, 6) is -0.941. The van der Waals surface area contributed by atoms with Gasteiger partial charge in [-0.2, -0.15) is 0 Å². The summed E-state index contributed by atoms with van der Waals surface area (Å²) < 4.78 is 14.4. The van der Waals surface area contributed by atoms with Gasteiger partial charge in [0, 0.05) is 25.2 Å². The largest absolute Gasteiger partial charge is 0.397 e. The van der Waals surface area contributed by atoms with Crippen molar-refractivity contribution < 1.29 is 24.2 Å². The number of anilines is 1. The molecular formula is C27H29FN6O5. The first-order valence-electron chi connectivity index (χ1n) is 12.7. The Hall–Kier alpha value is -4.29. The number of carbonyl (C=O) groups excluding carboxylic acids is 2. The lowest BCUT2D eigenvalue weighted by Gasteiger charge is -2.31. The van der Waals surface area contributed by atoms with E-state index in [0.29, 0.717) is 29.7 Å². The van der Waals surface area contributed by atoms with E-state index in [0.717, 1.165) is 6.42 Å². The Morgan fingerprint density at radius 3 is 2.67 bits per heavy atom. The SMILES string of the molecule is Nc1c(-c2nc3ccc(C(=O)NCC[C@@H](O)C[C@@H](O)CC(=O)N4CCC4)cc3[nH]2)c(=O)[nH]c2cccc(F)c12. The van der Waals surface area contributed by atoms with Crippen molar-refractivity contribution in [3.63, 3.8) is 0 Å². The number of H-pyrrole nitrogens is 2. The van der Waals surface area contributed by atoms with Gasteiger partial charge in [0.25, 0.3) is 11.5 Å². The van der Waals surface area contributed by atoms with Gasteiger partial charge in [0.1, 0.15) is 17.2 Å². The Morgan fingerprint density at radius 2 is 1.92 bits per heavy atom. The molecule has 0 spiro atoms. The molecule has 0 aliphatic carbocycles. The molecule has 2 atom stereocenters. The van der Waals surface area contributed by atoms with Crippen molar-refractivity contribution in [2.24, 2.45) is 0 Å². The van der Waals surface area contributed by atoms with Crippen molar-refractivity contribution in [1.29, 1.82) is 0 Å². The Bertz CT molecular complexity index is 1610. The number of hydrogen-bond donors (Lipinski definition) is 6. The summed E-state index contributed by atoms with van der Waals surface area (Å²) in [5, 5.41) is 23.1. The summed E-state index contributed by atoms with van der Waals surface area (Å²) >= 11 is 0. The third-order valence-corrected chi connectivity index (χ3v) is 6.93. The van der Waals surface area contributed by atoms with E-state index in [-0.39, 0.29) is 65.6 Å². The van der Waals surface area contributed by atoms with Gasteiger partial charge in [-0.25, -0.2) is 9.37 Å². The molecule has 3 heterocycles. The number of aliphatic hydroxyl groups excluding tert-OH is 2. The molecule has 12 heteroatoms. The van der Waals surface area contributed by atoms with E-state index in [1.807, 2.05) is 0 Å². The standard InChI is InChI=1S/C27H29FN6O5/c28-17-3-1-4-19-22(17)24(29)23(27(39)33-19)25-31-18-6-5-14(11-20(18)32-25)26(38)30-8-7-15(35)12-16(36)13-21(37)34-9-2-10-34/h1,3-6,11,15-16,35-36H,2,7-10,12-13H2,(H,30,38)(H,31,32)(H3,29,33,39)/t15-,16-/m1/s1. The molecule has 0 unspecified atom stereocenters. The monoisotopic (exact) mass is 536 g/mol. The summed E-state index contributed by atoms with van der Waals surface area (Å²) in [6, 6.07) is 9.02. The normalized spacial score (nSPS) is 14.8. The van der Waals surface area contributed by atoms with Crippen LogP contribution < -0.4 is 16.6 Å². The molecule has 1 fully saturated rings. The molecule has 5 rings (SSSR count). The van der Waals surface area contributed by atoms with Crippen LogP contribution in [0.15, 0.2) is 41.2 Å². The van der Waals surface area contributed by atoms with Gasteiger partial charge in [-0.05, 0) is 49.6 Å². The third-order valence-electron chi connectivity index (χ3n) is 6.93. The lowest BCUT2D eigenvalue weighted by atomic mass is 10.0. The molecular weight excluding hydrogens is 507 g/mol. The average molecular weight is 537 g/mol. The second-order valence-electron chi connectivity index (χ2n) is 9.75. The van der Waals surface area contributed by atoms with Crippen LogP contribution in [0.3, 0.4) is 0 Å². The smallest absolute Gasteiger partial charge is 0.261 e. The predicted molar refractivity (Wildman–Crippen MR) is 143 cm³/mol. The number of aromatic amines is 2. The van der Waals surface area contributed by atoms with Crippen molar-refractivity contribution in [2.75, 3.05) is 25.4 Å². The Kier molecular flexibility index (Phi) is 7.31. The van der Waals surface area contributed by atoms with Gasteiger partial charge in [-0.3, -0.25) is 14.4 Å². The van der Waals surface area contributed by atoms with Crippen molar-refractivity contribution in [3.05, 3.63) is 58.1 Å².